The monoisotopic (exact) mass is 980 g/mol. The van der Waals surface area contributed by atoms with Crippen LogP contribution in [0, 0.1) is 34.1 Å². The van der Waals surface area contributed by atoms with Crippen LogP contribution in [0.1, 0.15) is 105 Å². The van der Waals surface area contributed by atoms with Crippen molar-refractivity contribution in [3.63, 3.8) is 0 Å². The van der Waals surface area contributed by atoms with Crippen molar-refractivity contribution in [1.82, 2.24) is 0 Å². The summed E-state index contributed by atoms with van der Waals surface area (Å²) in [7, 11) is 0. The number of hydrogen-bond donors (Lipinski definition) is 0. The standard InChI is InChI=1S/C54H64F4O12/c1-53(34-64-35-53)32-62-22-10-3-5-12-24-66-48-29-43(55)39(26-45(48)57)16-20-50(59)69-41-18-19-47(42(28-41)52(61)68-31-38-14-8-7-9-15-38)70-51(60)21-17-40-27-46(58)49(30-44(40)56)67-25-13-6-4-11-23-63-33-54(2)36-65-37-54/h7-9,14-15,18-19,26-30H,3-6,10-13,16-17,20-25,31-37H2,1-2H3. The molecule has 2 fully saturated rings. The minimum absolute atomic E-state index is 0.0624. The van der Waals surface area contributed by atoms with Crippen LogP contribution in [0.4, 0.5) is 17.6 Å². The van der Waals surface area contributed by atoms with Crippen LogP contribution in [0.15, 0.2) is 72.8 Å². The second-order valence-electron chi connectivity index (χ2n) is 18.7. The molecule has 0 amide bonds. The van der Waals surface area contributed by atoms with Crippen LogP contribution in [-0.2, 0) is 52.7 Å². The lowest BCUT2D eigenvalue weighted by Crippen LogP contribution is -2.43. The van der Waals surface area contributed by atoms with E-state index in [1.165, 1.54) is 12.1 Å². The Morgan fingerprint density at radius 1 is 0.543 bits per heavy atom. The van der Waals surface area contributed by atoms with E-state index in [-0.39, 0.29) is 96.0 Å². The number of benzene rings is 4. The molecule has 2 aliphatic heterocycles. The highest BCUT2D eigenvalue weighted by Gasteiger charge is 2.34. The average molecular weight is 981 g/mol. The first-order chi connectivity index (χ1) is 33.8. The van der Waals surface area contributed by atoms with E-state index in [9.17, 15) is 23.2 Å². The quantitative estimate of drug-likeness (QED) is 0.0206. The van der Waals surface area contributed by atoms with Gasteiger partial charge in [0.15, 0.2) is 23.1 Å². The van der Waals surface area contributed by atoms with Crippen molar-refractivity contribution >= 4 is 17.9 Å². The van der Waals surface area contributed by atoms with Crippen molar-refractivity contribution < 1.29 is 74.6 Å². The number of aryl methyl sites for hydroxylation is 2. The van der Waals surface area contributed by atoms with Gasteiger partial charge in [0, 0.05) is 36.2 Å². The van der Waals surface area contributed by atoms with Crippen LogP contribution in [0.2, 0.25) is 0 Å². The topological polar surface area (TPSA) is 134 Å². The Hall–Kier alpha value is -5.55. The van der Waals surface area contributed by atoms with Gasteiger partial charge in [0.2, 0.25) is 0 Å². The minimum Gasteiger partial charge on any atom is -0.490 e. The highest BCUT2D eigenvalue weighted by Crippen LogP contribution is 2.30. The van der Waals surface area contributed by atoms with Gasteiger partial charge in [-0.25, -0.2) is 22.4 Å². The zero-order valence-electron chi connectivity index (χ0n) is 40.1. The van der Waals surface area contributed by atoms with Crippen molar-refractivity contribution in [3.05, 3.63) is 118 Å². The summed E-state index contributed by atoms with van der Waals surface area (Å²) in [5, 5.41) is 0. The van der Waals surface area contributed by atoms with Crippen molar-refractivity contribution in [1.29, 1.82) is 0 Å². The van der Waals surface area contributed by atoms with Crippen LogP contribution < -0.4 is 18.9 Å². The number of ether oxygens (including phenoxy) is 9. The van der Waals surface area contributed by atoms with Crippen molar-refractivity contribution in [2.75, 3.05) is 66.1 Å². The fourth-order valence-electron chi connectivity index (χ4n) is 7.58. The van der Waals surface area contributed by atoms with Crippen molar-refractivity contribution in [3.8, 4) is 23.0 Å². The molecule has 0 aliphatic carbocycles. The van der Waals surface area contributed by atoms with E-state index in [4.69, 9.17) is 42.6 Å². The second kappa shape index (κ2) is 27.2. The molecule has 12 nitrogen and oxygen atoms in total. The molecule has 2 aliphatic rings. The zero-order valence-corrected chi connectivity index (χ0v) is 40.1. The number of carbonyl (C=O) groups is 3. The fourth-order valence-corrected chi connectivity index (χ4v) is 7.58. The molecular weight excluding hydrogens is 917 g/mol. The Morgan fingerprint density at radius 3 is 1.51 bits per heavy atom. The molecule has 0 bridgehead atoms. The Morgan fingerprint density at radius 2 is 1.03 bits per heavy atom. The molecule has 16 heteroatoms. The molecule has 0 radical (unpaired) electrons. The van der Waals surface area contributed by atoms with Crippen molar-refractivity contribution in [2.45, 2.75) is 97.5 Å². The van der Waals surface area contributed by atoms with E-state index in [0.29, 0.717) is 44.8 Å². The molecule has 6 rings (SSSR count). The van der Waals surface area contributed by atoms with Crippen LogP contribution in [0.5, 0.6) is 23.0 Å². The van der Waals surface area contributed by atoms with E-state index >= 15 is 8.78 Å². The van der Waals surface area contributed by atoms with E-state index in [1.807, 2.05) is 0 Å². The summed E-state index contributed by atoms with van der Waals surface area (Å²) in [4.78, 5) is 39.4. The lowest BCUT2D eigenvalue weighted by molar-refractivity contribution is -0.138. The normalized spacial score (nSPS) is 14.5. The first kappa shape index (κ1) is 53.8. The fraction of sp³-hybridized carbons (Fsp3) is 0.500. The smallest absolute Gasteiger partial charge is 0.342 e. The Balaban J connectivity index is 0.949. The molecule has 4 aromatic carbocycles. The lowest BCUT2D eigenvalue weighted by Gasteiger charge is -2.37. The van der Waals surface area contributed by atoms with Crippen LogP contribution in [0.3, 0.4) is 0 Å². The first-order valence-corrected chi connectivity index (χ1v) is 24.1. The molecule has 380 valence electrons. The molecule has 0 saturated carbocycles. The zero-order chi connectivity index (χ0) is 49.8. The third kappa shape index (κ3) is 17.4. The summed E-state index contributed by atoms with van der Waals surface area (Å²) in [5.74, 6) is -6.48. The summed E-state index contributed by atoms with van der Waals surface area (Å²) in [5.41, 5.74) is 0.487. The van der Waals surface area contributed by atoms with Gasteiger partial charge in [-0.05, 0) is 98.4 Å². The molecule has 0 N–H and O–H groups in total. The molecule has 0 atom stereocenters. The van der Waals surface area contributed by atoms with Crippen LogP contribution in [0.25, 0.3) is 0 Å². The maximum atomic E-state index is 15.1. The molecule has 0 unspecified atom stereocenters. The minimum atomic E-state index is -0.915. The van der Waals surface area contributed by atoms with Gasteiger partial charge in [0.05, 0.1) is 65.7 Å². The lowest BCUT2D eigenvalue weighted by atomic mass is 9.90. The van der Waals surface area contributed by atoms with Gasteiger partial charge < -0.3 is 42.6 Å². The maximum Gasteiger partial charge on any atom is 0.342 e. The summed E-state index contributed by atoms with van der Waals surface area (Å²) < 4.78 is 109. The third-order valence-electron chi connectivity index (χ3n) is 11.8. The van der Waals surface area contributed by atoms with Crippen LogP contribution in [-0.4, -0.2) is 84.0 Å². The predicted molar refractivity (Wildman–Crippen MR) is 250 cm³/mol. The second-order valence-corrected chi connectivity index (χ2v) is 18.7. The summed E-state index contributed by atoms with van der Waals surface area (Å²) in [6.07, 6.45) is 5.40. The summed E-state index contributed by atoms with van der Waals surface area (Å²) in [6.45, 7) is 10.1. The van der Waals surface area contributed by atoms with Gasteiger partial charge in [0.25, 0.3) is 0 Å². The first-order valence-electron chi connectivity index (χ1n) is 24.1. The highest BCUT2D eigenvalue weighted by molar-refractivity contribution is 5.94. The number of esters is 3. The van der Waals surface area contributed by atoms with E-state index in [0.717, 1.165) is 95.3 Å². The Kier molecular flexibility index (Phi) is 20.9. The third-order valence-corrected chi connectivity index (χ3v) is 11.8. The van der Waals surface area contributed by atoms with Crippen LogP contribution >= 0.6 is 0 Å². The molecule has 4 aromatic rings. The Labute approximate surface area is 407 Å². The van der Waals surface area contributed by atoms with Gasteiger partial charge >= 0.3 is 17.9 Å². The number of carbonyl (C=O) groups excluding carboxylic acids is 3. The number of hydrogen-bond acceptors (Lipinski definition) is 12. The van der Waals surface area contributed by atoms with Crippen molar-refractivity contribution in [2.24, 2.45) is 10.8 Å². The molecule has 70 heavy (non-hydrogen) atoms. The molecule has 0 spiro atoms. The molecule has 2 heterocycles. The largest absolute Gasteiger partial charge is 0.490 e. The molecule has 2 saturated heterocycles. The van der Waals surface area contributed by atoms with Gasteiger partial charge in [0.1, 0.15) is 35.3 Å². The molecule has 0 aromatic heterocycles. The van der Waals surface area contributed by atoms with Gasteiger partial charge in [-0.15, -0.1) is 0 Å². The number of rotatable bonds is 31. The van der Waals surface area contributed by atoms with Gasteiger partial charge in [-0.2, -0.15) is 0 Å². The summed E-state index contributed by atoms with van der Waals surface area (Å²) >= 11 is 0. The Bertz CT molecular complexity index is 2320. The maximum absolute atomic E-state index is 15.1. The van der Waals surface area contributed by atoms with E-state index < -0.39 is 41.2 Å². The van der Waals surface area contributed by atoms with Gasteiger partial charge in [-0.1, -0.05) is 57.0 Å². The van der Waals surface area contributed by atoms with Gasteiger partial charge in [-0.3, -0.25) is 9.59 Å². The van der Waals surface area contributed by atoms with E-state index in [1.54, 1.807) is 30.3 Å². The number of halogens is 4. The average Bonchev–Trinajstić information content (AvgIpc) is 3.32. The summed E-state index contributed by atoms with van der Waals surface area (Å²) in [6, 6.07) is 16.3. The van der Waals surface area contributed by atoms with E-state index in [2.05, 4.69) is 13.8 Å². The SMILES string of the molecule is CC1(COCCCCCCOc2cc(F)c(CCC(=O)Oc3ccc(OC(=O)CCc4cc(F)c(OCCCCCCOCC5(C)COC5)cc4F)c(C(=O)OCc4ccccc4)c3)cc2F)COC1. The predicted octanol–water partition coefficient (Wildman–Crippen LogP) is 10.7. The number of unbranched alkanes of at least 4 members (excludes halogenated alkanes) is 6. The molecular formula is C54H64F4O12. The highest BCUT2D eigenvalue weighted by atomic mass is 19.1.